The van der Waals surface area contributed by atoms with Crippen LogP contribution in [0, 0.1) is 0 Å². The van der Waals surface area contributed by atoms with Crippen molar-refractivity contribution in [2.24, 2.45) is 0 Å². The zero-order valence-electron chi connectivity index (χ0n) is 13.5. The number of anilines is 1. The molecule has 2 amide bonds. The molecule has 1 saturated carbocycles. The number of aryl methyl sites for hydroxylation is 1. The van der Waals surface area contributed by atoms with Gasteiger partial charge < -0.3 is 10.2 Å². The van der Waals surface area contributed by atoms with Gasteiger partial charge in [0.2, 0.25) is 5.91 Å². The van der Waals surface area contributed by atoms with Crippen LogP contribution in [0.2, 0.25) is 0 Å². The van der Waals surface area contributed by atoms with Crippen molar-refractivity contribution in [2.45, 2.75) is 31.6 Å². The topological polar surface area (TPSA) is 49.4 Å². The number of thiophene rings is 1. The number of benzene rings is 1. The molecule has 124 valence electrons. The van der Waals surface area contributed by atoms with Gasteiger partial charge in [-0.05, 0) is 60.2 Å². The van der Waals surface area contributed by atoms with E-state index in [2.05, 4.69) is 11.4 Å². The molecule has 0 unspecified atom stereocenters. The van der Waals surface area contributed by atoms with Crippen molar-refractivity contribution in [1.29, 1.82) is 0 Å². The Morgan fingerprint density at radius 2 is 2.04 bits per heavy atom. The molecular formula is C19H20N2O2S. The number of rotatable bonds is 4. The van der Waals surface area contributed by atoms with Crippen LogP contribution in [0.5, 0.6) is 0 Å². The molecule has 0 saturated heterocycles. The zero-order chi connectivity index (χ0) is 16.5. The van der Waals surface area contributed by atoms with Crippen molar-refractivity contribution in [3.05, 3.63) is 51.7 Å². The molecule has 1 fully saturated rings. The van der Waals surface area contributed by atoms with Gasteiger partial charge in [0.15, 0.2) is 0 Å². The van der Waals surface area contributed by atoms with Gasteiger partial charge in [-0.3, -0.25) is 9.59 Å². The fraction of sp³-hybridized carbons (Fsp3) is 0.368. The van der Waals surface area contributed by atoms with E-state index >= 15 is 0 Å². The molecule has 1 aromatic heterocycles. The fourth-order valence-electron chi connectivity index (χ4n) is 3.34. The van der Waals surface area contributed by atoms with Gasteiger partial charge in [-0.1, -0.05) is 18.2 Å². The summed E-state index contributed by atoms with van der Waals surface area (Å²) >= 11 is 1.46. The molecule has 0 bridgehead atoms. The van der Waals surface area contributed by atoms with Crippen LogP contribution >= 0.6 is 11.3 Å². The number of carbonyl (C=O) groups is 2. The van der Waals surface area contributed by atoms with Crippen LogP contribution in [0.15, 0.2) is 35.7 Å². The van der Waals surface area contributed by atoms with Crippen LogP contribution in [-0.4, -0.2) is 24.9 Å². The monoisotopic (exact) mass is 340 g/mol. The number of para-hydroxylation sites is 1. The van der Waals surface area contributed by atoms with Gasteiger partial charge in [-0.2, -0.15) is 0 Å². The van der Waals surface area contributed by atoms with Gasteiger partial charge in [-0.15, -0.1) is 11.3 Å². The van der Waals surface area contributed by atoms with Crippen molar-refractivity contribution in [1.82, 2.24) is 5.32 Å². The lowest BCUT2D eigenvalue weighted by atomic mass is 10.0. The Hall–Kier alpha value is -2.14. The van der Waals surface area contributed by atoms with Gasteiger partial charge in [0.1, 0.15) is 0 Å². The SMILES string of the molecule is O=C(NCC(=O)N1CCCc2ccccc21)c1sccc1C1CC1. The van der Waals surface area contributed by atoms with Gasteiger partial charge in [-0.25, -0.2) is 0 Å². The minimum Gasteiger partial charge on any atom is -0.342 e. The lowest BCUT2D eigenvalue weighted by Gasteiger charge is -2.29. The molecule has 2 heterocycles. The quantitative estimate of drug-likeness (QED) is 0.928. The molecule has 4 nitrogen and oxygen atoms in total. The molecule has 1 aliphatic carbocycles. The van der Waals surface area contributed by atoms with E-state index in [1.165, 1.54) is 29.7 Å². The summed E-state index contributed by atoms with van der Waals surface area (Å²) in [6.45, 7) is 0.771. The second kappa shape index (κ2) is 6.40. The molecule has 1 aliphatic heterocycles. The molecule has 2 aliphatic rings. The Morgan fingerprint density at radius 1 is 1.21 bits per heavy atom. The Morgan fingerprint density at radius 3 is 2.88 bits per heavy atom. The lowest BCUT2D eigenvalue weighted by Crippen LogP contribution is -2.42. The van der Waals surface area contributed by atoms with E-state index in [9.17, 15) is 9.59 Å². The van der Waals surface area contributed by atoms with Crippen LogP contribution in [0.4, 0.5) is 5.69 Å². The Balaban J connectivity index is 1.42. The first kappa shape index (κ1) is 15.4. The summed E-state index contributed by atoms with van der Waals surface area (Å²) in [4.78, 5) is 27.6. The Labute approximate surface area is 145 Å². The molecule has 1 aromatic carbocycles. The molecule has 5 heteroatoms. The van der Waals surface area contributed by atoms with E-state index in [0.29, 0.717) is 5.92 Å². The van der Waals surface area contributed by atoms with Crippen molar-refractivity contribution >= 4 is 28.8 Å². The summed E-state index contributed by atoms with van der Waals surface area (Å²) in [7, 11) is 0. The number of hydrogen-bond donors (Lipinski definition) is 1. The number of fused-ring (bicyclic) bond motifs is 1. The molecule has 0 atom stereocenters. The average Bonchev–Trinajstić information content (AvgIpc) is 3.35. The normalized spacial score (nSPS) is 16.6. The van der Waals surface area contributed by atoms with E-state index < -0.39 is 0 Å². The van der Waals surface area contributed by atoms with Crippen molar-refractivity contribution < 1.29 is 9.59 Å². The Kier molecular flexibility index (Phi) is 4.10. The number of carbonyl (C=O) groups excluding carboxylic acids is 2. The van der Waals surface area contributed by atoms with Gasteiger partial charge in [0, 0.05) is 12.2 Å². The van der Waals surface area contributed by atoms with Crippen molar-refractivity contribution in [2.75, 3.05) is 18.0 Å². The molecule has 0 spiro atoms. The lowest BCUT2D eigenvalue weighted by molar-refractivity contribution is -0.117. The van der Waals surface area contributed by atoms with Crippen LogP contribution < -0.4 is 10.2 Å². The van der Waals surface area contributed by atoms with Crippen LogP contribution in [0.25, 0.3) is 0 Å². The summed E-state index contributed by atoms with van der Waals surface area (Å²) in [5.41, 5.74) is 3.34. The Bertz CT molecular complexity index is 779. The largest absolute Gasteiger partial charge is 0.342 e. The highest BCUT2D eigenvalue weighted by atomic mass is 32.1. The third-order valence-electron chi connectivity index (χ3n) is 4.73. The predicted octanol–water partition coefficient (Wildman–Crippen LogP) is 3.33. The van der Waals surface area contributed by atoms with Gasteiger partial charge in [0.25, 0.3) is 5.91 Å². The van der Waals surface area contributed by atoms with Crippen LogP contribution in [-0.2, 0) is 11.2 Å². The van der Waals surface area contributed by atoms with E-state index in [1.807, 2.05) is 29.6 Å². The minimum atomic E-state index is -0.120. The van der Waals surface area contributed by atoms with Crippen LogP contribution in [0.1, 0.15) is 46.0 Å². The van der Waals surface area contributed by atoms with Crippen LogP contribution in [0.3, 0.4) is 0 Å². The first-order valence-corrected chi connectivity index (χ1v) is 9.36. The number of amides is 2. The number of hydrogen-bond acceptors (Lipinski definition) is 3. The first-order valence-electron chi connectivity index (χ1n) is 8.48. The number of nitrogens with zero attached hydrogens (tertiary/aromatic N) is 1. The average molecular weight is 340 g/mol. The van der Waals surface area contributed by atoms with Crippen molar-refractivity contribution in [3.8, 4) is 0 Å². The van der Waals surface area contributed by atoms with E-state index in [1.54, 1.807) is 4.90 Å². The maximum absolute atomic E-state index is 12.6. The summed E-state index contributed by atoms with van der Waals surface area (Å²) in [5.74, 6) is 0.382. The predicted molar refractivity (Wildman–Crippen MR) is 95.7 cm³/mol. The van der Waals surface area contributed by atoms with Gasteiger partial charge in [0.05, 0.1) is 11.4 Å². The van der Waals surface area contributed by atoms with Gasteiger partial charge >= 0.3 is 0 Å². The molecular weight excluding hydrogens is 320 g/mol. The zero-order valence-corrected chi connectivity index (χ0v) is 14.3. The second-order valence-corrected chi connectivity index (χ2v) is 7.36. The van der Waals surface area contributed by atoms with E-state index in [-0.39, 0.29) is 18.4 Å². The molecule has 2 aromatic rings. The maximum atomic E-state index is 12.6. The maximum Gasteiger partial charge on any atom is 0.262 e. The summed E-state index contributed by atoms with van der Waals surface area (Å²) < 4.78 is 0. The molecule has 1 N–H and O–H groups in total. The summed E-state index contributed by atoms with van der Waals surface area (Å²) in [6, 6.07) is 10.1. The van der Waals surface area contributed by atoms with Crippen molar-refractivity contribution in [3.63, 3.8) is 0 Å². The van der Waals surface area contributed by atoms with E-state index in [0.717, 1.165) is 35.5 Å². The summed E-state index contributed by atoms with van der Waals surface area (Å²) in [6.07, 6.45) is 4.31. The highest BCUT2D eigenvalue weighted by molar-refractivity contribution is 7.12. The first-order chi connectivity index (χ1) is 11.7. The molecule has 0 radical (unpaired) electrons. The second-order valence-electron chi connectivity index (χ2n) is 6.44. The third-order valence-corrected chi connectivity index (χ3v) is 5.66. The standard InChI is InChI=1S/C19H20N2O2S/c22-17(21-10-3-5-14-4-1-2-6-16(14)21)12-20-19(23)18-15(9-11-24-18)13-7-8-13/h1-2,4,6,9,11,13H,3,5,7-8,10,12H2,(H,20,23). The summed E-state index contributed by atoms with van der Waals surface area (Å²) in [5, 5.41) is 4.78. The minimum absolute atomic E-state index is 0.0416. The highest BCUT2D eigenvalue weighted by Gasteiger charge is 2.29. The molecule has 4 rings (SSSR count). The third kappa shape index (κ3) is 2.96. The fourth-order valence-corrected chi connectivity index (χ4v) is 4.24. The highest BCUT2D eigenvalue weighted by Crippen LogP contribution is 2.43. The smallest absolute Gasteiger partial charge is 0.262 e. The number of nitrogens with one attached hydrogen (secondary N) is 1. The van der Waals surface area contributed by atoms with E-state index in [4.69, 9.17) is 0 Å². The molecule has 24 heavy (non-hydrogen) atoms.